The van der Waals surface area contributed by atoms with Gasteiger partial charge in [-0.05, 0) is 62.2 Å². The van der Waals surface area contributed by atoms with E-state index in [4.69, 9.17) is 4.74 Å². The molecule has 5 heteroatoms. The van der Waals surface area contributed by atoms with Gasteiger partial charge in [-0.2, -0.15) is 0 Å². The molecule has 0 bridgehead atoms. The normalized spacial score (nSPS) is 23.5. The van der Waals surface area contributed by atoms with Crippen molar-refractivity contribution in [2.24, 2.45) is 5.92 Å². The number of benzene rings is 1. The van der Waals surface area contributed by atoms with E-state index in [0.717, 1.165) is 57.7 Å². The highest BCUT2D eigenvalue weighted by Crippen LogP contribution is 2.38. The average molecular weight is 380 g/mol. The van der Waals surface area contributed by atoms with E-state index < -0.39 is 0 Å². The predicted molar refractivity (Wildman–Crippen MR) is 108 cm³/mol. The Hall–Kier alpha value is -1.98. The summed E-state index contributed by atoms with van der Waals surface area (Å²) < 4.78 is 7.90. The number of rotatable bonds is 5. The van der Waals surface area contributed by atoms with E-state index in [-0.39, 0.29) is 11.7 Å². The van der Waals surface area contributed by atoms with Gasteiger partial charge >= 0.3 is 0 Å². The molecule has 3 aliphatic rings. The van der Waals surface area contributed by atoms with Crippen molar-refractivity contribution in [2.75, 3.05) is 26.2 Å². The molecule has 2 fully saturated rings. The van der Waals surface area contributed by atoms with Crippen molar-refractivity contribution < 1.29 is 4.74 Å². The first kappa shape index (κ1) is 18.1. The fourth-order valence-electron chi connectivity index (χ4n) is 4.67. The molecule has 148 valence electrons. The first-order valence-corrected chi connectivity index (χ1v) is 10.7. The summed E-state index contributed by atoms with van der Waals surface area (Å²) in [5.41, 5.74) is 3.91. The first-order valence-electron chi connectivity index (χ1n) is 10.7. The van der Waals surface area contributed by atoms with Gasteiger partial charge in [-0.1, -0.05) is 24.3 Å². The lowest BCUT2D eigenvalue weighted by molar-refractivity contribution is 0.00796. The highest BCUT2D eigenvalue weighted by Gasteiger charge is 2.27. The Morgan fingerprint density at radius 2 is 1.89 bits per heavy atom. The van der Waals surface area contributed by atoms with Crippen LogP contribution in [0.2, 0.25) is 0 Å². The van der Waals surface area contributed by atoms with Crippen LogP contribution in [0.5, 0.6) is 0 Å². The molecule has 0 spiro atoms. The molecule has 5 nitrogen and oxygen atoms in total. The Bertz CT molecular complexity index is 881. The van der Waals surface area contributed by atoms with Crippen LogP contribution in [0.15, 0.2) is 41.5 Å². The quantitative estimate of drug-likeness (QED) is 0.801. The molecule has 1 aromatic heterocycles. The number of piperidine rings is 1. The molecular formula is C23H29N3O2. The Balaban J connectivity index is 1.16. The smallest absolute Gasteiger partial charge is 0.253 e. The van der Waals surface area contributed by atoms with E-state index in [9.17, 15) is 4.79 Å². The van der Waals surface area contributed by atoms with Crippen LogP contribution < -0.4 is 5.56 Å². The van der Waals surface area contributed by atoms with Gasteiger partial charge in [0.15, 0.2) is 0 Å². The lowest BCUT2D eigenvalue weighted by Crippen LogP contribution is -2.39. The number of ether oxygens (including phenoxy) is 1. The minimum Gasteiger partial charge on any atom is -0.372 e. The maximum absolute atomic E-state index is 12.4. The van der Waals surface area contributed by atoms with Crippen LogP contribution in [0.1, 0.15) is 54.5 Å². The van der Waals surface area contributed by atoms with Crippen molar-refractivity contribution in [3.63, 3.8) is 0 Å². The van der Waals surface area contributed by atoms with Crippen molar-refractivity contribution in [2.45, 2.75) is 50.7 Å². The lowest BCUT2D eigenvalue weighted by atomic mass is 9.94. The number of hydrogen-bond donors (Lipinski definition) is 0. The molecule has 2 aliphatic heterocycles. The molecule has 5 rings (SSSR count). The van der Waals surface area contributed by atoms with Crippen molar-refractivity contribution in [1.29, 1.82) is 0 Å². The molecule has 3 heterocycles. The highest BCUT2D eigenvalue weighted by atomic mass is 16.5. The molecule has 1 aromatic carbocycles. The summed E-state index contributed by atoms with van der Waals surface area (Å²) in [6.07, 6.45) is 7.62. The molecule has 1 unspecified atom stereocenters. The zero-order valence-electron chi connectivity index (χ0n) is 16.4. The van der Waals surface area contributed by atoms with Gasteiger partial charge < -0.3 is 9.64 Å². The van der Waals surface area contributed by atoms with Gasteiger partial charge in [-0.3, -0.25) is 9.36 Å². The minimum atomic E-state index is 0.117. The SMILES string of the molecule is O=c1cc(C2CC2)ncn1CC1CCN(CC2OCCc3ccccc32)CC1. The van der Waals surface area contributed by atoms with Crippen LogP contribution in [-0.4, -0.2) is 40.7 Å². The Kier molecular flexibility index (Phi) is 5.03. The van der Waals surface area contributed by atoms with Crippen LogP contribution in [-0.2, 0) is 17.7 Å². The Morgan fingerprint density at radius 1 is 1.07 bits per heavy atom. The summed E-state index contributed by atoms with van der Waals surface area (Å²) in [6, 6.07) is 10.5. The van der Waals surface area contributed by atoms with Gasteiger partial charge in [-0.15, -0.1) is 0 Å². The number of nitrogens with zero attached hydrogens (tertiary/aromatic N) is 3. The van der Waals surface area contributed by atoms with Crippen LogP contribution in [0, 0.1) is 5.92 Å². The summed E-state index contributed by atoms with van der Waals surface area (Å²) >= 11 is 0. The molecule has 0 N–H and O–H groups in total. The van der Waals surface area contributed by atoms with Crippen LogP contribution in [0.3, 0.4) is 0 Å². The zero-order chi connectivity index (χ0) is 18.9. The summed E-state index contributed by atoms with van der Waals surface area (Å²) in [4.78, 5) is 19.4. The van der Waals surface area contributed by atoms with Crippen molar-refractivity contribution >= 4 is 0 Å². The van der Waals surface area contributed by atoms with E-state index in [2.05, 4.69) is 34.1 Å². The first-order chi connectivity index (χ1) is 13.8. The van der Waals surface area contributed by atoms with E-state index in [0.29, 0.717) is 11.8 Å². The molecule has 0 amide bonds. The molecule has 0 radical (unpaired) electrons. The molecule has 1 saturated heterocycles. The summed E-state index contributed by atoms with van der Waals surface area (Å²) in [5, 5.41) is 0. The summed E-state index contributed by atoms with van der Waals surface area (Å²) in [7, 11) is 0. The van der Waals surface area contributed by atoms with Gasteiger partial charge in [0, 0.05) is 25.1 Å². The van der Waals surface area contributed by atoms with Crippen LogP contribution in [0.25, 0.3) is 0 Å². The second-order valence-electron chi connectivity index (χ2n) is 8.63. The minimum absolute atomic E-state index is 0.117. The molecule has 1 aliphatic carbocycles. The van der Waals surface area contributed by atoms with Crippen molar-refractivity contribution in [3.05, 3.63) is 63.8 Å². The second kappa shape index (κ2) is 7.80. The Morgan fingerprint density at radius 3 is 2.68 bits per heavy atom. The summed E-state index contributed by atoms with van der Waals surface area (Å²) in [6.45, 7) is 4.75. The third-order valence-electron chi connectivity index (χ3n) is 6.57. The largest absolute Gasteiger partial charge is 0.372 e. The number of likely N-dealkylation sites (tertiary alicyclic amines) is 1. The Labute approximate surface area is 166 Å². The van der Waals surface area contributed by atoms with E-state index >= 15 is 0 Å². The standard InChI is InChI=1S/C23H29N3O2/c27-23-13-21(19-5-6-19)24-16-26(23)14-17-7-10-25(11-8-17)15-22-20-4-2-1-3-18(20)9-12-28-22/h1-4,13,16-17,19,22H,5-12,14-15H2. The maximum Gasteiger partial charge on any atom is 0.253 e. The van der Waals surface area contributed by atoms with E-state index in [1.54, 1.807) is 12.4 Å². The van der Waals surface area contributed by atoms with E-state index in [1.165, 1.54) is 24.0 Å². The highest BCUT2D eigenvalue weighted by molar-refractivity contribution is 5.31. The molecular weight excluding hydrogens is 350 g/mol. The molecule has 2 aromatic rings. The fraction of sp³-hybridized carbons (Fsp3) is 0.565. The van der Waals surface area contributed by atoms with Crippen LogP contribution >= 0.6 is 0 Å². The van der Waals surface area contributed by atoms with Gasteiger partial charge in [0.1, 0.15) is 0 Å². The van der Waals surface area contributed by atoms with Gasteiger partial charge in [-0.25, -0.2) is 4.98 Å². The number of hydrogen-bond acceptors (Lipinski definition) is 4. The van der Waals surface area contributed by atoms with Crippen LogP contribution in [0.4, 0.5) is 0 Å². The number of fused-ring (bicyclic) bond motifs is 1. The zero-order valence-corrected chi connectivity index (χ0v) is 16.4. The lowest BCUT2D eigenvalue weighted by Gasteiger charge is -2.36. The van der Waals surface area contributed by atoms with Gasteiger partial charge in [0.2, 0.25) is 0 Å². The van der Waals surface area contributed by atoms with Crippen molar-refractivity contribution in [1.82, 2.24) is 14.5 Å². The van der Waals surface area contributed by atoms with E-state index in [1.807, 2.05) is 4.57 Å². The fourth-order valence-corrected chi connectivity index (χ4v) is 4.67. The molecule has 28 heavy (non-hydrogen) atoms. The van der Waals surface area contributed by atoms with Gasteiger partial charge in [0.05, 0.1) is 24.7 Å². The monoisotopic (exact) mass is 379 g/mol. The molecule has 1 atom stereocenters. The summed E-state index contributed by atoms with van der Waals surface area (Å²) in [5.74, 6) is 1.10. The van der Waals surface area contributed by atoms with Crippen molar-refractivity contribution in [3.8, 4) is 0 Å². The maximum atomic E-state index is 12.4. The predicted octanol–water partition coefficient (Wildman–Crippen LogP) is 3.15. The number of aromatic nitrogens is 2. The topological polar surface area (TPSA) is 47.4 Å². The second-order valence-corrected chi connectivity index (χ2v) is 8.63. The third-order valence-corrected chi connectivity index (χ3v) is 6.57. The van der Waals surface area contributed by atoms with Gasteiger partial charge in [0.25, 0.3) is 5.56 Å². The average Bonchev–Trinajstić information content (AvgIpc) is 3.57. The molecule has 1 saturated carbocycles. The third kappa shape index (κ3) is 3.91.